The maximum Gasteiger partial charge on any atom is 0.228 e. The minimum absolute atomic E-state index is 0.0985. The van der Waals surface area contributed by atoms with Crippen molar-refractivity contribution in [2.24, 2.45) is 16.2 Å². The molecule has 3 nitrogen and oxygen atoms in total. The SMILES string of the molecule is CN(C)C(=O)[C@]12CC[C@](C)([C@@H](O)C1)C2(C)C. The Kier molecular flexibility index (Phi) is 2.24. The van der Waals surface area contributed by atoms with Crippen molar-refractivity contribution in [2.45, 2.75) is 46.1 Å². The summed E-state index contributed by atoms with van der Waals surface area (Å²) in [4.78, 5) is 14.1. The van der Waals surface area contributed by atoms with Crippen molar-refractivity contribution in [2.75, 3.05) is 14.1 Å². The highest BCUT2D eigenvalue weighted by atomic mass is 16.3. The minimum atomic E-state index is -0.343. The lowest BCUT2D eigenvalue weighted by molar-refractivity contribution is -0.144. The number of aliphatic hydroxyl groups excluding tert-OH is 1. The van der Waals surface area contributed by atoms with Crippen LogP contribution < -0.4 is 0 Å². The Bertz CT molecular complexity index is 337. The van der Waals surface area contributed by atoms with Gasteiger partial charge in [0.2, 0.25) is 5.91 Å². The van der Waals surface area contributed by atoms with Crippen molar-refractivity contribution in [1.82, 2.24) is 4.90 Å². The highest BCUT2D eigenvalue weighted by Gasteiger charge is 2.72. The van der Waals surface area contributed by atoms with Crippen molar-refractivity contribution >= 4 is 5.91 Å². The molecule has 2 aliphatic carbocycles. The first kappa shape index (κ1) is 11.9. The molecule has 2 aliphatic rings. The summed E-state index contributed by atoms with van der Waals surface area (Å²) in [5.74, 6) is 0.192. The van der Waals surface area contributed by atoms with Gasteiger partial charge in [-0.25, -0.2) is 0 Å². The summed E-state index contributed by atoms with van der Waals surface area (Å²) in [5, 5.41) is 10.2. The quantitative estimate of drug-likeness (QED) is 0.737. The van der Waals surface area contributed by atoms with Gasteiger partial charge in [-0.15, -0.1) is 0 Å². The zero-order chi connectivity index (χ0) is 12.4. The topological polar surface area (TPSA) is 40.5 Å². The van der Waals surface area contributed by atoms with E-state index in [0.29, 0.717) is 6.42 Å². The second kappa shape index (κ2) is 3.00. The lowest BCUT2D eigenvalue weighted by Crippen LogP contribution is -2.46. The molecule has 0 aromatic carbocycles. The van der Waals surface area contributed by atoms with Crippen LogP contribution in [-0.2, 0) is 4.79 Å². The molecule has 0 saturated heterocycles. The van der Waals surface area contributed by atoms with Crippen LogP contribution in [0.1, 0.15) is 40.0 Å². The molecule has 3 heteroatoms. The monoisotopic (exact) mass is 225 g/mol. The number of rotatable bonds is 1. The first-order valence-electron chi connectivity index (χ1n) is 6.09. The lowest BCUT2D eigenvalue weighted by atomic mass is 9.64. The number of carbonyl (C=O) groups is 1. The molecule has 0 unspecified atom stereocenters. The van der Waals surface area contributed by atoms with Crippen molar-refractivity contribution < 1.29 is 9.90 Å². The minimum Gasteiger partial charge on any atom is -0.393 e. The van der Waals surface area contributed by atoms with Gasteiger partial charge in [0.1, 0.15) is 0 Å². The van der Waals surface area contributed by atoms with Crippen LogP contribution in [0, 0.1) is 16.2 Å². The summed E-state index contributed by atoms with van der Waals surface area (Å²) in [6.45, 7) is 6.44. The fourth-order valence-corrected chi connectivity index (χ4v) is 4.03. The molecule has 0 aromatic rings. The molecule has 2 fully saturated rings. The van der Waals surface area contributed by atoms with Crippen LogP contribution in [0.15, 0.2) is 0 Å². The average molecular weight is 225 g/mol. The van der Waals surface area contributed by atoms with Gasteiger partial charge in [0, 0.05) is 14.1 Å². The second-order valence-corrected chi connectivity index (χ2v) is 6.54. The molecule has 16 heavy (non-hydrogen) atoms. The number of aliphatic hydroxyl groups is 1. The second-order valence-electron chi connectivity index (χ2n) is 6.54. The number of amides is 1. The van der Waals surface area contributed by atoms with E-state index >= 15 is 0 Å². The van der Waals surface area contributed by atoms with Gasteiger partial charge >= 0.3 is 0 Å². The molecule has 2 bridgehead atoms. The van der Waals surface area contributed by atoms with Gasteiger partial charge in [0.25, 0.3) is 0 Å². The van der Waals surface area contributed by atoms with Gasteiger partial charge in [-0.3, -0.25) is 4.79 Å². The Labute approximate surface area is 97.8 Å². The molecule has 0 aromatic heterocycles. The van der Waals surface area contributed by atoms with E-state index in [2.05, 4.69) is 20.8 Å². The first-order valence-corrected chi connectivity index (χ1v) is 6.09. The molecule has 0 heterocycles. The van der Waals surface area contributed by atoms with Crippen LogP contribution in [0.4, 0.5) is 0 Å². The molecular weight excluding hydrogens is 202 g/mol. The van der Waals surface area contributed by atoms with Crippen molar-refractivity contribution in [3.05, 3.63) is 0 Å². The van der Waals surface area contributed by atoms with E-state index in [9.17, 15) is 9.90 Å². The predicted octanol–water partition coefficient (Wildman–Crippen LogP) is 1.65. The summed E-state index contributed by atoms with van der Waals surface area (Å²) < 4.78 is 0. The summed E-state index contributed by atoms with van der Waals surface area (Å²) in [5.41, 5.74) is -0.551. The van der Waals surface area contributed by atoms with E-state index < -0.39 is 0 Å². The van der Waals surface area contributed by atoms with Crippen LogP contribution in [0.5, 0.6) is 0 Å². The summed E-state index contributed by atoms with van der Waals surface area (Å²) in [7, 11) is 3.63. The summed E-state index contributed by atoms with van der Waals surface area (Å²) in [6.07, 6.45) is 2.18. The summed E-state index contributed by atoms with van der Waals surface area (Å²) >= 11 is 0. The standard InChI is InChI=1S/C13H23NO2/c1-11(2)12(3)6-7-13(11,8-9(12)15)10(16)14(4)5/h9,15H,6-8H2,1-5H3/t9-,12+,13-/m0/s1. The molecule has 1 N–H and O–H groups in total. The van der Waals surface area contributed by atoms with E-state index in [0.717, 1.165) is 12.8 Å². The lowest BCUT2D eigenvalue weighted by Gasteiger charge is -2.41. The average Bonchev–Trinajstić information content (AvgIpc) is 2.46. The van der Waals surface area contributed by atoms with Crippen LogP contribution >= 0.6 is 0 Å². The van der Waals surface area contributed by atoms with Crippen molar-refractivity contribution in [1.29, 1.82) is 0 Å². The smallest absolute Gasteiger partial charge is 0.228 e. The van der Waals surface area contributed by atoms with Crippen LogP contribution in [0.25, 0.3) is 0 Å². The van der Waals surface area contributed by atoms with Crippen molar-refractivity contribution in [3.8, 4) is 0 Å². The Morgan fingerprint density at radius 3 is 2.12 bits per heavy atom. The number of nitrogens with zero attached hydrogens (tertiary/aromatic N) is 1. The molecule has 0 spiro atoms. The molecule has 92 valence electrons. The van der Waals surface area contributed by atoms with Gasteiger partial charge in [-0.2, -0.15) is 0 Å². The van der Waals surface area contributed by atoms with Crippen LogP contribution in [-0.4, -0.2) is 36.1 Å². The number of hydrogen-bond acceptors (Lipinski definition) is 2. The Balaban J connectivity index is 2.48. The van der Waals surface area contributed by atoms with E-state index in [1.807, 2.05) is 14.1 Å². The number of fused-ring (bicyclic) bond motifs is 2. The van der Waals surface area contributed by atoms with E-state index in [4.69, 9.17) is 0 Å². The molecule has 2 saturated carbocycles. The highest BCUT2D eigenvalue weighted by molar-refractivity contribution is 5.84. The van der Waals surface area contributed by atoms with Gasteiger partial charge < -0.3 is 10.0 Å². The van der Waals surface area contributed by atoms with E-state index in [-0.39, 0.29) is 28.3 Å². The van der Waals surface area contributed by atoms with E-state index in [1.165, 1.54) is 0 Å². The fourth-order valence-electron chi connectivity index (χ4n) is 4.03. The Hall–Kier alpha value is -0.570. The van der Waals surface area contributed by atoms with Crippen LogP contribution in [0.2, 0.25) is 0 Å². The number of hydrogen-bond donors (Lipinski definition) is 1. The maximum atomic E-state index is 12.4. The molecule has 1 amide bonds. The normalized spacial score (nSPS) is 44.8. The third-order valence-corrected chi connectivity index (χ3v) is 5.79. The molecule has 0 aliphatic heterocycles. The summed E-state index contributed by atoms with van der Waals surface area (Å²) in [6, 6.07) is 0. The van der Waals surface area contributed by atoms with Crippen LogP contribution in [0.3, 0.4) is 0 Å². The largest absolute Gasteiger partial charge is 0.393 e. The fraction of sp³-hybridized carbons (Fsp3) is 0.923. The molecular formula is C13H23NO2. The number of carbonyl (C=O) groups excluding carboxylic acids is 1. The van der Waals surface area contributed by atoms with E-state index in [1.54, 1.807) is 4.90 Å². The third kappa shape index (κ3) is 1.01. The maximum absolute atomic E-state index is 12.4. The molecule has 3 atom stereocenters. The van der Waals surface area contributed by atoms with Crippen molar-refractivity contribution in [3.63, 3.8) is 0 Å². The first-order chi connectivity index (χ1) is 7.19. The predicted molar refractivity (Wildman–Crippen MR) is 62.9 cm³/mol. The van der Waals surface area contributed by atoms with Gasteiger partial charge in [-0.05, 0) is 30.1 Å². The highest BCUT2D eigenvalue weighted by Crippen LogP contribution is 2.72. The van der Waals surface area contributed by atoms with Gasteiger partial charge in [0.05, 0.1) is 11.5 Å². The molecule has 0 radical (unpaired) electrons. The third-order valence-electron chi connectivity index (χ3n) is 5.79. The zero-order valence-electron chi connectivity index (χ0n) is 11.0. The Morgan fingerprint density at radius 1 is 1.25 bits per heavy atom. The molecule has 2 rings (SSSR count). The zero-order valence-corrected chi connectivity index (χ0v) is 11.0. The van der Waals surface area contributed by atoms with Gasteiger partial charge in [0.15, 0.2) is 0 Å². The van der Waals surface area contributed by atoms with Gasteiger partial charge in [-0.1, -0.05) is 20.8 Å². The Morgan fingerprint density at radius 2 is 1.81 bits per heavy atom.